The van der Waals surface area contributed by atoms with Gasteiger partial charge in [-0.2, -0.15) is 0 Å². The Hall–Kier alpha value is 0.354. The molecule has 20 heavy (non-hydrogen) atoms. The van der Waals surface area contributed by atoms with E-state index in [9.17, 15) is 0 Å². The van der Waals surface area contributed by atoms with E-state index in [1.54, 1.807) is 0 Å². The predicted octanol–water partition coefficient (Wildman–Crippen LogP) is 5.81. The van der Waals surface area contributed by atoms with Crippen molar-refractivity contribution in [1.29, 1.82) is 0 Å². The molecule has 0 bridgehead atoms. The molecule has 0 saturated carbocycles. The largest absolute Gasteiger partial charge is 0.415 e. The minimum absolute atomic E-state index is 0.368. The van der Waals surface area contributed by atoms with Gasteiger partial charge in [-0.05, 0) is 64.0 Å². The number of hydrogen-bond donors (Lipinski definition) is 0. The fourth-order valence-corrected chi connectivity index (χ4v) is 12.1. The first-order valence-corrected chi connectivity index (χ1v) is 13.7. The van der Waals surface area contributed by atoms with E-state index in [2.05, 4.69) is 55.4 Å². The Labute approximate surface area is 129 Å². The van der Waals surface area contributed by atoms with Crippen molar-refractivity contribution in [2.45, 2.75) is 104 Å². The average Bonchev–Trinajstić information content (AvgIpc) is 2.41. The second-order valence-electron chi connectivity index (χ2n) is 6.61. The highest BCUT2D eigenvalue weighted by molar-refractivity contribution is 6.79. The maximum absolute atomic E-state index is 6.43. The summed E-state index contributed by atoms with van der Waals surface area (Å²) in [6.45, 7) is 18.0. The van der Waals surface area contributed by atoms with Gasteiger partial charge in [-0.3, -0.25) is 0 Å². The Morgan fingerprint density at radius 1 is 0.600 bits per heavy atom. The van der Waals surface area contributed by atoms with Crippen LogP contribution in [-0.4, -0.2) is 28.8 Å². The van der Waals surface area contributed by atoms with E-state index in [4.69, 9.17) is 8.85 Å². The minimum Gasteiger partial charge on any atom is -0.415 e. The van der Waals surface area contributed by atoms with Gasteiger partial charge in [0.25, 0.3) is 0 Å². The summed E-state index contributed by atoms with van der Waals surface area (Å²) in [4.78, 5) is 0. The molecule has 0 spiro atoms. The van der Waals surface area contributed by atoms with Crippen molar-refractivity contribution >= 4 is 16.6 Å². The first-order valence-electron chi connectivity index (χ1n) is 8.64. The Morgan fingerprint density at radius 3 is 1.00 bits per heavy atom. The molecule has 0 unspecified atom stereocenters. The third-order valence-electron chi connectivity index (χ3n) is 4.58. The van der Waals surface area contributed by atoms with E-state index in [1.165, 1.54) is 36.3 Å². The highest BCUT2D eigenvalue weighted by Crippen LogP contribution is 2.33. The van der Waals surface area contributed by atoms with Crippen LogP contribution in [0.3, 0.4) is 0 Å². The summed E-state index contributed by atoms with van der Waals surface area (Å²) in [5.41, 5.74) is 0. The molecule has 122 valence electrons. The summed E-state index contributed by atoms with van der Waals surface area (Å²) in [5, 5.41) is 0. The zero-order chi connectivity index (χ0) is 15.8. The molecule has 0 N–H and O–H groups in total. The summed E-state index contributed by atoms with van der Waals surface area (Å²) >= 11 is 0. The Balaban J connectivity index is 4.86. The highest BCUT2D eigenvalue weighted by atomic mass is 28.4. The fraction of sp³-hybridized carbons (Fsp3) is 1.00. The normalized spacial score (nSPS) is 13.5. The third-order valence-corrected chi connectivity index (χ3v) is 14.5. The molecule has 0 radical (unpaired) electrons. The fourth-order valence-electron chi connectivity index (χ4n) is 3.11. The van der Waals surface area contributed by atoms with Crippen LogP contribution in [0.1, 0.15) is 55.4 Å². The van der Waals surface area contributed by atoms with Crippen molar-refractivity contribution in [3.63, 3.8) is 0 Å². The molecule has 0 fully saturated rings. The maximum Gasteiger partial charge on any atom is 0.192 e. The smallest absolute Gasteiger partial charge is 0.192 e. The van der Waals surface area contributed by atoms with Gasteiger partial charge in [0.15, 0.2) is 16.6 Å². The lowest BCUT2D eigenvalue weighted by atomic mass is 10.5. The zero-order valence-electron chi connectivity index (χ0n) is 15.2. The van der Waals surface area contributed by atoms with Crippen LogP contribution in [0.15, 0.2) is 0 Å². The molecule has 4 heteroatoms. The summed E-state index contributed by atoms with van der Waals surface area (Å²) in [5.74, 6) is 0. The van der Waals surface area contributed by atoms with Gasteiger partial charge in [-0.1, -0.05) is 27.7 Å². The first-order chi connectivity index (χ1) is 9.28. The molecule has 0 aliphatic rings. The highest BCUT2D eigenvalue weighted by Gasteiger charge is 2.38. The monoisotopic (exact) mass is 318 g/mol. The van der Waals surface area contributed by atoms with Crippen LogP contribution >= 0.6 is 0 Å². The van der Waals surface area contributed by atoms with Crippen molar-refractivity contribution in [2.24, 2.45) is 0 Å². The molecule has 0 rings (SSSR count). The quantitative estimate of drug-likeness (QED) is 0.448. The van der Waals surface area contributed by atoms with Crippen molar-refractivity contribution in [3.05, 3.63) is 0 Å². The first kappa shape index (κ1) is 20.4. The Kier molecular flexibility index (Phi) is 9.55. The Bertz CT molecular complexity index is 221. The molecule has 0 atom stereocenters. The molecule has 0 saturated heterocycles. The second-order valence-corrected chi connectivity index (χ2v) is 15.6. The molecule has 0 heterocycles. The van der Waals surface area contributed by atoms with Crippen LogP contribution in [0, 0.1) is 0 Å². The van der Waals surface area contributed by atoms with Crippen LogP contribution < -0.4 is 0 Å². The van der Waals surface area contributed by atoms with Crippen LogP contribution in [0.5, 0.6) is 0 Å². The van der Waals surface area contributed by atoms with Gasteiger partial charge in [0.2, 0.25) is 0 Å². The van der Waals surface area contributed by atoms with Gasteiger partial charge in [-0.25, -0.2) is 0 Å². The second kappa shape index (κ2) is 9.39. The zero-order valence-corrected chi connectivity index (χ0v) is 17.2. The van der Waals surface area contributed by atoms with Gasteiger partial charge in [0, 0.05) is 12.2 Å². The molecular formula is C16H38O2Si2. The van der Waals surface area contributed by atoms with Crippen molar-refractivity contribution in [3.8, 4) is 0 Å². The number of hydrogen-bond acceptors (Lipinski definition) is 2. The Morgan fingerprint density at radius 2 is 0.850 bits per heavy atom. The van der Waals surface area contributed by atoms with Gasteiger partial charge in [0.05, 0.1) is 0 Å². The van der Waals surface area contributed by atoms with Crippen molar-refractivity contribution in [2.75, 3.05) is 0 Å². The summed E-state index contributed by atoms with van der Waals surface area (Å²) in [7, 11) is -3.09. The van der Waals surface area contributed by atoms with Gasteiger partial charge in [0.1, 0.15) is 0 Å². The van der Waals surface area contributed by atoms with E-state index < -0.39 is 16.6 Å². The number of rotatable bonds is 11. The molecule has 2 nitrogen and oxygen atoms in total. The van der Waals surface area contributed by atoms with Crippen LogP contribution in [0.4, 0.5) is 0 Å². The SMILES string of the molecule is CC[Si](CC)(CC[Si](CC)(CC)OC(C)C)OC(C)C. The predicted molar refractivity (Wildman–Crippen MR) is 95.5 cm³/mol. The third kappa shape index (κ3) is 6.41. The molecule has 0 aliphatic heterocycles. The van der Waals surface area contributed by atoms with Crippen LogP contribution in [-0.2, 0) is 8.85 Å². The van der Waals surface area contributed by atoms with Gasteiger partial charge >= 0.3 is 0 Å². The van der Waals surface area contributed by atoms with Crippen LogP contribution in [0.2, 0.25) is 36.3 Å². The summed E-state index contributed by atoms with van der Waals surface area (Å²) in [6.07, 6.45) is 0.735. The lowest BCUT2D eigenvalue weighted by molar-refractivity contribution is 0.218. The van der Waals surface area contributed by atoms with E-state index in [0.29, 0.717) is 12.2 Å². The molecule has 0 amide bonds. The molecule has 0 aliphatic carbocycles. The molecule has 0 aromatic rings. The van der Waals surface area contributed by atoms with E-state index >= 15 is 0 Å². The van der Waals surface area contributed by atoms with E-state index in [1.807, 2.05) is 0 Å². The molecule has 0 aromatic heterocycles. The lowest BCUT2D eigenvalue weighted by Crippen LogP contribution is -2.45. The van der Waals surface area contributed by atoms with Crippen molar-refractivity contribution in [1.82, 2.24) is 0 Å². The lowest BCUT2D eigenvalue weighted by Gasteiger charge is -2.37. The molecular weight excluding hydrogens is 280 g/mol. The van der Waals surface area contributed by atoms with E-state index in [0.717, 1.165) is 0 Å². The maximum atomic E-state index is 6.43. The summed E-state index contributed by atoms with van der Waals surface area (Å²) in [6, 6.07) is 7.53. The van der Waals surface area contributed by atoms with Gasteiger partial charge < -0.3 is 8.85 Å². The van der Waals surface area contributed by atoms with Crippen LogP contribution in [0.25, 0.3) is 0 Å². The van der Waals surface area contributed by atoms with E-state index in [-0.39, 0.29) is 0 Å². The topological polar surface area (TPSA) is 18.5 Å². The standard InChI is InChI=1S/C16H38O2Si2/c1-9-19(10-2,17-15(5)6)13-14-20(11-3,12-4)18-16(7)8/h15-16H,9-14H2,1-8H3. The van der Waals surface area contributed by atoms with Crippen molar-refractivity contribution < 1.29 is 8.85 Å². The minimum atomic E-state index is -1.55. The summed E-state index contributed by atoms with van der Waals surface area (Å²) < 4.78 is 12.9. The van der Waals surface area contributed by atoms with Gasteiger partial charge in [-0.15, -0.1) is 0 Å². The molecule has 0 aromatic carbocycles. The average molecular weight is 319 g/mol.